The van der Waals surface area contributed by atoms with Gasteiger partial charge in [0.25, 0.3) is 0 Å². The first kappa shape index (κ1) is 11.9. The average molecular weight is 225 g/mol. The molecule has 3 atom stereocenters. The van der Waals surface area contributed by atoms with Crippen LogP contribution in [-0.4, -0.2) is 34.6 Å². The van der Waals surface area contributed by atoms with E-state index >= 15 is 0 Å². The molecule has 3 nitrogen and oxygen atoms in total. The minimum Gasteiger partial charge on any atom is -0.480 e. The Hall–Kier alpha value is -0.570. The first-order valence-electron chi connectivity index (χ1n) is 6.67. The van der Waals surface area contributed by atoms with E-state index < -0.39 is 5.97 Å². The zero-order valence-corrected chi connectivity index (χ0v) is 10.4. The minimum atomic E-state index is -0.596. The number of aliphatic carboxylic acids is 1. The second kappa shape index (κ2) is 4.74. The molecular weight excluding hydrogens is 202 g/mol. The van der Waals surface area contributed by atoms with Gasteiger partial charge in [-0.25, -0.2) is 0 Å². The van der Waals surface area contributed by atoms with Crippen LogP contribution in [0.15, 0.2) is 0 Å². The van der Waals surface area contributed by atoms with Gasteiger partial charge in [0, 0.05) is 12.6 Å². The lowest BCUT2D eigenvalue weighted by Gasteiger charge is -2.31. The van der Waals surface area contributed by atoms with E-state index in [0.717, 1.165) is 25.8 Å². The highest BCUT2D eigenvalue weighted by atomic mass is 16.4. The second-order valence-electron chi connectivity index (χ2n) is 5.31. The summed E-state index contributed by atoms with van der Waals surface area (Å²) in [5.74, 6) is 0.487. The normalized spacial score (nSPS) is 34.6. The van der Waals surface area contributed by atoms with Crippen LogP contribution < -0.4 is 0 Å². The van der Waals surface area contributed by atoms with Crippen molar-refractivity contribution in [1.82, 2.24) is 4.90 Å². The zero-order valence-electron chi connectivity index (χ0n) is 10.4. The Morgan fingerprint density at radius 3 is 2.62 bits per heavy atom. The Labute approximate surface area is 97.8 Å². The molecule has 0 spiro atoms. The predicted molar refractivity (Wildman–Crippen MR) is 63.3 cm³/mol. The van der Waals surface area contributed by atoms with Crippen molar-refractivity contribution in [2.24, 2.45) is 11.8 Å². The van der Waals surface area contributed by atoms with Crippen LogP contribution >= 0.6 is 0 Å². The van der Waals surface area contributed by atoms with Crippen LogP contribution in [0, 0.1) is 11.8 Å². The van der Waals surface area contributed by atoms with Crippen molar-refractivity contribution in [3.8, 4) is 0 Å². The fourth-order valence-corrected chi connectivity index (χ4v) is 3.80. The molecular formula is C13H23NO2. The van der Waals surface area contributed by atoms with Crippen LogP contribution in [0.1, 0.15) is 46.0 Å². The van der Waals surface area contributed by atoms with Gasteiger partial charge in [-0.1, -0.05) is 20.3 Å². The summed E-state index contributed by atoms with van der Waals surface area (Å²) in [4.78, 5) is 13.7. The summed E-state index contributed by atoms with van der Waals surface area (Å²) < 4.78 is 0. The van der Waals surface area contributed by atoms with Gasteiger partial charge in [-0.3, -0.25) is 9.69 Å². The minimum absolute atomic E-state index is 0.197. The highest BCUT2D eigenvalue weighted by molar-refractivity contribution is 5.74. The topological polar surface area (TPSA) is 40.5 Å². The lowest BCUT2D eigenvalue weighted by atomic mass is 9.94. The molecule has 0 aromatic carbocycles. The Morgan fingerprint density at radius 2 is 2.06 bits per heavy atom. The maximum atomic E-state index is 11.4. The third-order valence-electron chi connectivity index (χ3n) is 4.59. The van der Waals surface area contributed by atoms with Gasteiger partial charge >= 0.3 is 5.97 Å². The van der Waals surface area contributed by atoms with E-state index in [4.69, 9.17) is 0 Å². The summed E-state index contributed by atoms with van der Waals surface area (Å²) in [7, 11) is 0. The molecule has 2 fully saturated rings. The van der Waals surface area contributed by atoms with Crippen LogP contribution in [0.25, 0.3) is 0 Å². The van der Waals surface area contributed by atoms with E-state index in [-0.39, 0.29) is 6.04 Å². The molecule has 3 unspecified atom stereocenters. The van der Waals surface area contributed by atoms with Crippen molar-refractivity contribution in [2.75, 3.05) is 6.54 Å². The molecule has 0 aromatic heterocycles. The summed E-state index contributed by atoms with van der Waals surface area (Å²) in [6.07, 6.45) is 5.73. The number of likely N-dealkylation sites (tertiary alicyclic amines) is 1. The van der Waals surface area contributed by atoms with Crippen LogP contribution in [-0.2, 0) is 4.79 Å². The van der Waals surface area contributed by atoms with Crippen LogP contribution in [0.3, 0.4) is 0 Å². The Kier molecular flexibility index (Phi) is 3.53. The number of carboxylic acids is 1. The van der Waals surface area contributed by atoms with Gasteiger partial charge in [0.15, 0.2) is 0 Å². The molecule has 1 aliphatic carbocycles. The molecule has 1 saturated carbocycles. The lowest BCUT2D eigenvalue weighted by molar-refractivity contribution is -0.144. The summed E-state index contributed by atoms with van der Waals surface area (Å²) in [6, 6.07) is 0.268. The van der Waals surface area contributed by atoms with Gasteiger partial charge in [0.1, 0.15) is 6.04 Å². The van der Waals surface area contributed by atoms with Gasteiger partial charge in [-0.15, -0.1) is 0 Å². The fraction of sp³-hybridized carbons (Fsp3) is 0.923. The highest BCUT2D eigenvalue weighted by Crippen LogP contribution is 2.43. The molecule has 16 heavy (non-hydrogen) atoms. The SMILES string of the molecule is CCC(CC)N1CC2CCCC2C1C(=O)O. The van der Waals surface area contributed by atoms with E-state index in [2.05, 4.69) is 18.7 Å². The molecule has 2 aliphatic rings. The lowest BCUT2D eigenvalue weighted by Crippen LogP contribution is -2.45. The van der Waals surface area contributed by atoms with E-state index in [1.165, 1.54) is 12.8 Å². The number of nitrogens with zero attached hydrogens (tertiary/aromatic N) is 1. The van der Waals surface area contributed by atoms with E-state index in [1.807, 2.05) is 0 Å². The van der Waals surface area contributed by atoms with E-state index in [9.17, 15) is 9.90 Å². The third-order valence-corrected chi connectivity index (χ3v) is 4.59. The molecule has 0 radical (unpaired) electrons. The number of carbonyl (C=O) groups is 1. The van der Waals surface area contributed by atoms with Crippen molar-refractivity contribution in [3.63, 3.8) is 0 Å². The maximum absolute atomic E-state index is 11.4. The summed E-state index contributed by atoms with van der Waals surface area (Å²) in [5.41, 5.74) is 0. The van der Waals surface area contributed by atoms with Crippen LogP contribution in [0.2, 0.25) is 0 Å². The molecule has 92 valence electrons. The maximum Gasteiger partial charge on any atom is 0.321 e. The summed E-state index contributed by atoms with van der Waals surface area (Å²) >= 11 is 0. The van der Waals surface area contributed by atoms with Crippen molar-refractivity contribution < 1.29 is 9.90 Å². The highest BCUT2D eigenvalue weighted by Gasteiger charge is 2.48. The van der Waals surface area contributed by atoms with E-state index in [0.29, 0.717) is 17.9 Å². The average Bonchev–Trinajstić information content (AvgIpc) is 2.78. The fourth-order valence-electron chi connectivity index (χ4n) is 3.80. The predicted octanol–water partition coefficient (Wildman–Crippen LogP) is 2.36. The van der Waals surface area contributed by atoms with E-state index in [1.54, 1.807) is 0 Å². The Balaban J connectivity index is 2.16. The number of carboxylic acid groups (broad SMARTS) is 1. The molecule has 1 saturated heterocycles. The van der Waals surface area contributed by atoms with Crippen molar-refractivity contribution in [1.29, 1.82) is 0 Å². The Bertz CT molecular complexity index is 263. The monoisotopic (exact) mass is 225 g/mol. The van der Waals surface area contributed by atoms with Crippen LogP contribution in [0.5, 0.6) is 0 Å². The van der Waals surface area contributed by atoms with Gasteiger partial charge in [0.05, 0.1) is 0 Å². The van der Waals surface area contributed by atoms with Gasteiger partial charge in [0.2, 0.25) is 0 Å². The van der Waals surface area contributed by atoms with Crippen LogP contribution in [0.4, 0.5) is 0 Å². The van der Waals surface area contributed by atoms with Gasteiger partial charge < -0.3 is 5.11 Å². The molecule has 1 aliphatic heterocycles. The summed E-state index contributed by atoms with van der Waals surface area (Å²) in [5, 5.41) is 9.43. The van der Waals surface area contributed by atoms with Gasteiger partial charge in [-0.2, -0.15) is 0 Å². The first-order valence-corrected chi connectivity index (χ1v) is 6.67. The molecule has 0 aromatic rings. The van der Waals surface area contributed by atoms with Crippen molar-refractivity contribution >= 4 is 5.97 Å². The molecule has 1 N–H and O–H groups in total. The number of hydrogen-bond acceptors (Lipinski definition) is 2. The number of fused-ring (bicyclic) bond motifs is 1. The molecule has 0 bridgehead atoms. The smallest absolute Gasteiger partial charge is 0.321 e. The van der Waals surface area contributed by atoms with Gasteiger partial charge in [-0.05, 0) is 37.5 Å². The second-order valence-corrected chi connectivity index (χ2v) is 5.31. The largest absolute Gasteiger partial charge is 0.480 e. The van der Waals surface area contributed by atoms with Crippen molar-refractivity contribution in [2.45, 2.75) is 58.0 Å². The molecule has 3 heteroatoms. The molecule has 2 rings (SSSR count). The number of hydrogen-bond donors (Lipinski definition) is 1. The zero-order chi connectivity index (χ0) is 11.7. The summed E-state index contributed by atoms with van der Waals surface area (Å²) in [6.45, 7) is 5.36. The quantitative estimate of drug-likeness (QED) is 0.798. The standard InChI is InChI=1S/C13H23NO2/c1-3-10(4-2)14-8-9-6-5-7-11(9)12(14)13(15)16/h9-12H,3-8H2,1-2H3,(H,15,16). The van der Waals surface area contributed by atoms with Crippen molar-refractivity contribution in [3.05, 3.63) is 0 Å². The first-order chi connectivity index (χ1) is 7.69. The number of rotatable bonds is 4. The molecule has 1 heterocycles. The molecule has 0 amide bonds. The third kappa shape index (κ3) is 1.86. The Morgan fingerprint density at radius 1 is 1.38 bits per heavy atom.